The summed E-state index contributed by atoms with van der Waals surface area (Å²) in [6, 6.07) is 0.641. The molecule has 86 valence electrons. The van der Waals surface area contributed by atoms with Gasteiger partial charge >= 0.3 is 0 Å². The molecule has 1 saturated carbocycles. The summed E-state index contributed by atoms with van der Waals surface area (Å²) in [5.74, 6) is 2.38. The Kier molecular flexibility index (Phi) is 2.39. The van der Waals surface area contributed by atoms with Crippen LogP contribution in [0.25, 0.3) is 0 Å². The first kappa shape index (κ1) is 10.1. The molecule has 2 fully saturated rings. The van der Waals surface area contributed by atoms with Crippen molar-refractivity contribution in [1.29, 1.82) is 0 Å². The van der Waals surface area contributed by atoms with E-state index in [1.807, 2.05) is 7.05 Å². The summed E-state index contributed by atoms with van der Waals surface area (Å²) < 4.78 is 0. The van der Waals surface area contributed by atoms with Crippen LogP contribution in [-0.4, -0.2) is 29.6 Å². The fourth-order valence-corrected chi connectivity index (χ4v) is 3.06. The molecule has 1 aromatic heterocycles. The highest BCUT2D eigenvalue weighted by atomic mass is 35.5. The van der Waals surface area contributed by atoms with E-state index in [2.05, 4.69) is 20.2 Å². The average molecular weight is 239 g/mol. The van der Waals surface area contributed by atoms with Gasteiger partial charge in [0.1, 0.15) is 5.02 Å². The predicted octanol–water partition coefficient (Wildman–Crippen LogP) is 2.16. The van der Waals surface area contributed by atoms with E-state index in [-0.39, 0.29) is 0 Å². The number of hydrogen-bond acceptors (Lipinski definition) is 4. The molecule has 2 aliphatic rings. The number of nitrogens with one attached hydrogen (secondary N) is 1. The molecule has 16 heavy (non-hydrogen) atoms. The van der Waals surface area contributed by atoms with Gasteiger partial charge in [-0.3, -0.25) is 0 Å². The molecular weight excluding hydrogens is 224 g/mol. The van der Waals surface area contributed by atoms with Crippen molar-refractivity contribution >= 4 is 23.4 Å². The van der Waals surface area contributed by atoms with Gasteiger partial charge in [-0.15, -0.1) is 0 Å². The van der Waals surface area contributed by atoms with Crippen molar-refractivity contribution in [2.45, 2.75) is 25.3 Å². The fraction of sp³-hybridized carbons (Fsp3) is 0.636. The number of anilines is 2. The zero-order valence-corrected chi connectivity index (χ0v) is 10.0. The molecule has 2 bridgehead atoms. The van der Waals surface area contributed by atoms with Crippen LogP contribution in [0.1, 0.15) is 19.3 Å². The van der Waals surface area contributed by atoms with Gasteiger partial charge in [-0.05, 0) is 25.2 Å². The van der Waals surface area contributed by atoms with Gasteiger partial charge in [0.05, 0.1) is 6.20 Å². The zero-order chi connectivity index (χ0) is 11.1. The minimum atomic E-state index is 0.641. The molecule has 0 amide bonds. The van der Waals surface area contributed by atoms with Crippen molar-refractivity contribution in [2.24, 2.45) is 5.92 Å². The summed E-state index contributed by atoms with van der Waals surface area (Å²) >= 11 is 6.18. The molecule has 5 heteroatoms. The minimum Gasteiger partial charge on any atom is -0.357 e. The first-order valence-electron chi connectivity index (χ1n) is 5.75. The SMILES string of the molecule is CNc1ncc(Cl)c(N2CC3CCC2C3)n1. The van der Waals surface area contributed by atoms with Gasteiger partial charge < -0.3 is 10.2 Å². The van der Waals surface area contributed by atoms with E-state index < -0.39 is 0 Å². The number of fused-ring (bicyclic) bond motifs is 2. The Labute approximate surface area is 100 Å². The summed E-state index contributed by atoms with van der Waals surface area (Å²) in [7, 11) is 1.82. The molecule has 2 atom stereocenters. The lowest BCUT2D eigenvalue weighted by Gasteiger charge is -2.28. The van der Waals surface area contributed by atoms with Crippen molar-refractivity contribution < 1.29 is 0 Å². The van der Waals surface area contributed by atoms with Crippen LogP contribution in [0.15, 0.2) is 6.20 Å². The number of aromatic nitrogens is 2. The second-order valence-electron chi connectivity index (χ2n) is 4.60. The zero-order valence-electron chi connectivity index (χ0n) is 9.28. The monoisotopic (exact) mass is 238 g/mol. The normalized spacial score (nSPS) is 27.5. The lowest BCUT2D eigenvalue weighted by molar-refractivity contribution is 0.550. The highest BCUT2D eigenvalue weighted by molar-refractivity contribution is 6.32. The highest BCUT2D eigenvalue weighted by Gasteiger charge is 2.39. The Morgan fingerprint density at radius 1 is 1.50 bits per heavy atom. The van der Waals surface area contributed by atoms with Crippen molar-refractivity contribution in [3.63, 3.8) is 0 Å². The van der Waals surface area contributed by atoms with E-state index in [0.717, 1.165) is 18.3 Å². The van der Waals surface area contributed by atoms with Crippen molar-refractivity contribution in [1.82, 2.24) is 9.97 Å². The van der Waals surface area contributed by atoms with Crippen molar-refractivity contribution in [3.05, 3.63) is 11.2 Å². The lowest BCUT2D eigenvalue weighted by atomic mass is 10.1. The molecule has 4 nitrogen and oxygen atoms in total. The topological polar surface area (TPSA) is 41.1 Å². The van der Waals surface area contributed by atoms with Gasteiger partial charge in [0.2, 0.25) is 5.95 Å². The van der Waals surface area contributed by atoms with Gasteiger partial charge in [-0.1, -0.05) is 11.6 Å². The van der Waals surface area contributed by atoms with E-state index in [1.54, 1.807) is 6.20 Å². The van der Waals surface area contributed by atoms with Crippen LogP contribution < -0.4 is 10.2 Å². The molecule has 0 spiro atoms. The Bertz CT molecular complexity index is 409. The first-order valence-corrected chi connectivity index (χ1v) is 6.12. The standard InChI is InChI=1S/C11H15ClN4/c1-13-11-14-5-9(12)10(15-11)16-6-7-2-3-8(16)4-7/h5,7-8H,2-4,6H2,1H3,(H,13,14,15). The predicted molar refractivity (Wildman–Crippen MR) is 65.1 cm³/mol. The number of hydrogen-bond donors (Lipinski definition) is 1. The average Bonchev–Trinajstić information content (AvgIpc) is 2.91. The van der Waals surface area contributed by atoms with Crippen molar-refractivity contribution in [3.8, 4) is 0 Å². The summed E-state index contributed by atoms with van der Waals surface area (Å²) in [5.41, 5.74) is 0. The van der Waals surface area contributed by atoms with Crippen LogP contribution in [0.5, 0.6) is 0 Å². The molecule has 2 heterocycles. The van der Waals surface area contributed by atoms with Gasteiger partial charge in [-0.2, -0.15) is 4.98 Å². The summed E-state index contributed by atoms with van der Waals surface area (Å²) in [4.78, 5) is 10.9. The van der Waals surface area contributed by atoms with E-state index in [1.165, 1.54) is 19.3 Å². The van der Waals surface area contributed by atoms with E-state index in [0.29, 0.717) is 17.0 Å². The van der Waals surface area contributed by atoms with Gasteiger partial charge in [-0.25, -0.2) is 4.98 Å². The maximum absolute atomic E-state index is 6.18. The van der Waals surface area contributed by atoms with Crippen LogP contribution in [0.3, 0.4) is 0 Å². The van der Waals surface area contributed by atoms with Gasteiger partial charge in [0.25, 0.3) is 0 Å². The lowest BCUT2D eigenvalue weighted by Crippen LogP contribution is -2.33. The van der Waals surface area contributed by atoms with Crippen LogP contribution in [0.2, 0.25) is 5.02 Å². The molecule has 1 aliphatic carbocycles. The largest absolute Gasteiger partial charge is 0.357 e. The summed E-state index contributed by atoms with van der Waals surface area (Å²) in [5, 5.41) is 3.61. The molecule has 0 aromatic carbocycles. The third-order valence-electron chi connectivity index (χ3n) is 3.63. The Balaban J connectivity index is 1.93. The molecule has 2 unspecified atom stereocenters. The molecule has 1 aliphatic heterocycles. The second-order valence-corrected chi connectivity index (χ2v) is 5.01. The van der Waals surface area contributed by atoms with Crippen molar-refractivity contribution in [2.75, 3.05) is 23.8 Å². The first-order chi connectivity index (χ1) is 7.78. The third kappa shape index (κ3) is 1.52. The maximum Gasteiger partial charge on any atom is 0.224 e. The molecule has 1 aromatic rings. The number of nitrogens with zero attached hydrogens (tertiary/aromatic N) is 3. The number of rotatable bonds is 2. The van der Waals surface area contributed by atoms with Crippen LogP contribution >= 0.6 is 11.6 Å². The molecule has 0 radical (unpaired) electrons. The van der Waals surface area contributed by atoms with E-state index in [9.17, 15) is 0 Å². The van der Waals surface area contributed by atoms with Gasteiger partial charge in [0, 0.05) is 19.6 Å². The summed E-state index contributed by atoms with van der Waals surface area (Å²) in [6.45, 7) is 1.10. The van der Waals surface area contributed by atoms with Crippen LogP contribution in [0.4, 0.5) is 11.8 Å². The Morgan fingerprint density at radius 2 is 2.38 bits per heavy atom. The highest BCUT2D eigenvalue weighted by Crippen LogP contribution is 2.41. The number of piperidine rings is 1. The smallest absolute Gasteiger partial charge is 0.224 e. The fourth-order valence-electron chi connectivity index (χ4n) is 2.86. The maximum atomic E-state index is 6.18. The van der Waals surface area contributed by atoms with E-state index in [4.69, 9.17) is 11.6 Å². The Morgan fingerprint density at radius 3 is 3.00 bits per heavy atom. The second kappa shape index (κ2) is 3.77. The van der Waals surface area contributed by atoms with Crippen LogP contribution in [-0.2, 0) is 0 Å². The molecule has 3 rings (SSSR count). The van der Waals surface area contributed by atoms with Crippen LogP contribution in [0, 0.1) is 5.92 Å². The molecule has 1 N–H and O–H groups in total. The quantitative estimate of drug-likeness (QED) is 0.858. The minimum absolute atomic E-state index is 0.641. The Hall–Kier alpha value is -1.03. The molecule has 1 saturated heterocycles. The van der Waals surface area contributed by atoms with Gasteiger partial charge in [0.15, 0.2) is 5.82 Å². The third-order valence-corrected chi connectivity index (χ3v) is 3.90. The van der Waals surface area contributed by atoms with E-state index >= 15 is 0 Å². The number of halogens is 1. The molecular formula is C11H15ClN4. The summed E-state index contributed by atoms with van der Waals surface area (Å²) in [6.07, 6.45) is 5.62.